The highest BCUT2D eigenvalue weighted by Crippen LogP contribution is 2.73. The Morgan fingerprint density at radius 1 is 1.44 bits per heavy atom. The largest absolute Gasteiger partial charge is 0.481 e. The van der Waals surface area contributed by atoms with Gasteiger partial charge in [-0.2, -0.15) is 0 Å². The van der Waals surface area contributed by atoms with E-state index in [2.05, 4.69) is 6.58 Å². The standard InChI is InChI=1S/C19H24O6/c1-4-18(24)7-5-10-16(2,9-18)12(14(21)22)13-17(3)11(20)6-8-19(10,13)25-15(17)23/h4,6,8,10-13,20,24H,1,5,7,9H2,2-3H3,(H,21,22)/t10?,11?,12?,13?,16?,17?,18-,19?/m0/s1. The van der Waals surface area contributed by atoms with E-state index in [0.29, 0.717) is 12.8 Å². The molecule has 4 rings (SSSR count). The van der Waals surface area contributed by atoms with Gasteiger partial charge >= 0.3 is 11.9 Å². The first kappa shape index (κ1) is 16.8. The van der Waals surface area contributed by atoms with Gasteiger partial charge in [-0.25, -0.2) is 0 Å². The van der Waals surface area contributed by atoms with E-state index in [1.54, 1.807) is 19.1 Å². The maximum absolute atomic E-state index is 12.6. The molecule has 4 aliphatic rings. The van der Waals surface area contributed by atoms with Crippen LogP contribution in [0, 0.1) is 28.6 Å². The first-order chi connectivity index (χ1) is 11.5. The maximum atomic E-state index is 12.6. The number of aliphatic carboxylic acids is 1. The van der Waals surface area contributed by atoms with Crippen LogP contribution in [0.25, 0.3) is 0 Å². The van der Waals surface area contributed by atoms with Gasteiger partial charge in [0, 0.05) is 11.8 Å². The van der Waals surface area contributed by atoms with Gasteiger partial charge in [0.2, 0.25) is 0 Å². The summed E-state index contributed by atoms with van der Waals surface area (Å²) in [5, 5.41) is 31.3. The fourth-order valence-corrected chi connectivity index (χ4v) is 6.47. The van der Waals surface area contributed by atoms with Gasteiger partial charge in [0.15, 0.2) is 0 Å². The Hall–Kier alpha value is -1.66. The molecule has 6 heteroatoms. The highest BCUT2D eigenvalue weighted by atomic mass is 16.6. The second-order valence-corrected chi connectivity index (χ2v) is 8.70. The summed E-state index contributed by atoms with van der Waals surface area (Å²) in [6.45, 7) is 7.18. The number of fused-ring (bicyclic) bond motifs is 1. The number of esters is 1. The van der Waals surface area contributed by atoms with Gasteiger partial charge in [-0.15, -0.1) is 6.58 Å². The van der Waals surface area contributed by atoms with Crippen LogP contribution in [0.5, 0.6) is 0 Å². The average molecular weight is 348 g/mol. The number of hydrogen-bond donors (Lipinski definition) is 3. The molecule has 8 atom stereocenters. The zero-order valence-corrected chi connectivity index (χ0v) is 14.4. The molecule has 0 amide bonds. The maximum Gasteiger partial charge on any atom is 0.316 e. The zero-order chi connectivity index (χ0) is 18.4. The molecule has 136 valence electrons. The van der Waals surface area contributed by atoms with Crippen molar-refractivity contribution in [2.45, 2.75) is 50.4 Å². The molecule has 3 fully saturated rings. The molecule has 0 aromatic rings. The van der Waals surface area contributed by atoms with Gasteiger partial charge in [0.05, 0.1) is 17.6 Å². The van der Waals surface area contributed by atoms with Gasteiger partial charge in [-0.05, 0) is 37.7 Å². The smallest absolute Gasteiger partial charge is 0.316 e. The van der Waals surface area contributed by atoms with Crippen molar-refractivity contribution >= 4 is 11.9 Å². The topological polar surface area (TPSA) is 104 Å². The van der Waals surface area contributed by atoms with Crippen LogP contribution < -0.4 is 0 Å². The molecule has 0 aromatic carbocycles. The number of ether oxygens (including phenoxy) is 1. The van der Waals surface area contributed by atoms with E-state index in [0.717, 1.165) is 0 Å². The number of carboxylic acid groups (broad SMARTS) is 1. The number of hydrogen-bond acceptors (Lipinski definition) is 5. The van der Waals surface area contributed by atoms with Crippen molar-refractivity contribution in [3.05, 3.63) is 24.8 Å². The molecular weight excluding hydrogens is 324 g/mol. The predicted octanol–water partition coefficient (Wildman–Crippen LogP) is 1.27. The number of aliphatic hydroxyl groups is 2. The molecule has 1 heterocycles. The summed E-state index contributed by atoms with van der Waals surface area (Å²) in [6, 6.07) is 0. The Kier molecular flexibility index (Phi) is 3.05. The van der Waals surface area contributed by atoms with E-state index >= 15 is 0 Å². The van der Waals surface area contributed by atoms with Gasteiger partial charge in [0.25, 0.3) is 0 Å². The molecule has 1 aliphatic heterocycles. The third-order valence-corrected chi connectivity index (χ3v) is 7.58. The number of carbonyl (C=O) groups is 2. The molecule has 3 aliphatic carbocycles. The lowest BCUT2D eigenvalue weighted by Crippen LogP contribution is -2.51. The van der Waals surface area contributed by atoms with Crippen LogP contribution in [0.15, 0.2) is 24.8 Å². The van der Waals surface area contributed by atoms with Crippen molar-refractivity contribution in [1.29, 1.82) is 0 Å². The van der Waals surface area contributed by atoms with Crippen LogP contribution >= 0.6 is 0 Å². The molecule has 2 saturated carbocycles. The van der Waals surface area contributed by atoms with Crippen LogP contribution in [0.3, 0.4) is 0 Å². The minimum Gasteiger partial charge on any atom is -0.481 e. The van der Waals surface area contributed by atoms with E-state index in [4.69, 9.17) is 4.74 Å². The second kappa shape index (κ2) is 4.54. The summed E-state index contributed by atoms with van der Waals surface area (Å²) in [7, 11) is 0. The molecule has 0 aromatic heterocycles. The molecule has 25 heavy (non-hydrogen) atoms. The van der Waals surface area contributed by atoms with Crippen LogP contribution in [-0.2, 0) is 14.3 Å². The van der Waals surface area contributed by atoms with Crippen molar-refractivity contribution < 1.29 is 29.6 Å². The van der Waals surface area contributed by atoms with E-state index < -0.39 is 51.9 Å². The van der Waals surface area contributed by atoms with Crippen molar-refractivity contribution in [2.75, 3.05) is 0 Å². The minimum absolute atomic E-state index is 0.221. The third kappa shape index (κ3) is 1.67. The summed E-state index contributed by atoms with van der Waals surface area (Å²) in [4.78, 5) is 25.0. The lowest BCUT2D eigenvalue weighted by molar-refractivity contribution is -0.165. The van der Waals surface area contributed by atoms with E-state index in [-0.39, 0.29) is 12.3 Å². The summed E-state index contributed by atoms with van der Waals surface area (Å²) in [5.74, 6) is -3.33. The van der Waals surface area contributed by atoms with Crippen molar-refractivity contribution in [2.24, 2.45) is 28.6 Å². The van der Waals surface area contributed by atoms with Gasteiger partial charge in [0.1, 0.15) is 11.0 Å². The summed E-state index contributed by atoms with van der Waals surface area (Å²) in [5.41, 5.74) is -4.21. The summed E-state index contributed by atoms with van der Waals surface area (Å²) in [6.07, 6.45) is 4.92. The average Bonchev–Trinajstić information content (AvgIpc) is 2.84. The van der Waals surface area contributed by atoms with E-state index in [1.807, 2.05) is 6.92 Å². The Morgan fingerprint density at radius 2 is 2.12 bits per heavy atom. The van der Waals surface area contributed by atoms with E-state index in [9.17, 15) is 24.9 Å². The zero-order valence-electron chi connectivity index (χ0n) is 14.4. The van der Waals surface area contributed by atoms with Gasteiger partial charge in [-0.3, -0.25) is 9.59 Å². The number of carboxylic acids is 1. The molecule has 0 spiro atoms. The second-order valence-electron chi connectivity index (χ2n) is 8.70. The Morgan fingerprint density at radius 3 is 2.72 bits per heavy atom. The molecular formula is C19H24O6. The molecule has 1 saturated heterocycles. The third-order valence-electron chi connectivity index (χ3n) is 7.58. The van der Waals surface area contributed by atoms with Crippen molar-refractivity contribution in [1.82, 2.24) is 0 Å². The van der Waals surface area contributed by atoms with Crippen LogP contribution in [0.1, 0.15) is 33.1 Å². The highest BCUT2D eigenvalue weighted by molar-refractivity contribution is 5.86. The Labute approximate surface area is 146 Å². The molecule has 7 unspecified atom stereocenters. The summed E-state index contributed by atoms with van der Waals surface area (Å²) < 4.78 is 5.83. The molecule has 0 radical (unpaired) electrons. The Balaban J connectivity index is 1.94. The quantitative estimate of drug-likeness (QED) is 0.513. The highest BCUT2D eigenvalue weighted by Gasteiger charge is 2.81. The predicted molar refractivity (Wildman–Crippen MR) is 87.3 cm³/mol. The minimum atomic E-state index is -1.29. The van der Waals surface area contributed by atoms with Gasteiger partial charge < -0.3 is 20.1 Å². The first-order valence-electron chi connectivity index (χ1n) is 8.75. The summed E-state index contributed by atoms with van der Waals surface area (Å²) >= 11 is 0. The fraction of sp³-hybridized carbons (Fsp3) is 0.684. The Bertz CT molecular complexity index is 715. The van der Waals surface area contributed by atoms with Crippen LogP contribution in [0.2, 0.25) is 0 Å². The lowest BCUT2D eigenvalue weighted by atomic mass is 9.58. The van der Waals surface area contributed by atoms with Crippen molar-refractivity contribution in [3.8, 4) is 0 Å². The first-order valence-corrected chi connectivity index (χ1v) is 8.75. The molecule has 6 nitrogen and oxygen atoms in total. The fourth-order valence-electron chi connectivity index (χ4n) is 6.47. The number of aliphatic hydroxyl groups excluding tert-OH is 1. The number of rotatable bonds is 2. The molecule has 2 bridgehead atoms. The SMILES string of the molecule is C=C[C@]1(O)CCC2C(C)(C1)C(C(=O)O)C1C23C=CC(O)C1(C)C(=O)O3. The monoisotopic (exact) mass is 348 g/mol. The van der Waals surface area contributed by atoms with E-state index in [1.165, 1.54) is 6.08 Å². The van der Waals surface area contributed by atoms with Gasteiger partial charge in [-0.1, -0.05) is 19.1 Å². The molecule has 3 N–H and O–H groups in total. The normalized spacial score (nSPS) is 56.1. The van der Waals surface area contributed by atoms with Crippen molar-refractivity contribution in [3.63, 3.8) is 0 Å². The lowest BCUT2D eigenvalue weighted by Gasteiger charge is -2.48. The van der Waals surface area contributed by atoms with Crippen LogP contribution in [-0.4, -0.2) is 44.6 Å². The number of carbonyl (C=O) groups excluding carboxylic acids is 1. The van der Waals surface area contributed by atoms with Crippen LogP contribution in [0.4, 0.5) is 0 Å².